The Labute approximate surface area is 120 Å². The molecule has 0 aliphatic rings. The Balaban J connectivity index is 2.01. The standard InChI is InChI=1S/C13H12ClN3O3/c14-12-4-3-10(17(19)20)9-11(12)13(18)15-5-8-16-6-1-2-7-16/h1-4,6-7,9H,5,8H2,(H,15,18). The lowest BCUT2D eigenvalue weighted by molar-refractivity contribution is -0.384. The lowest BCUT2D eigenvalue weighted by atomic mass is 10.2. The van der Waals surface area contributed by atoms with Crippen LogP contribution >= 0.6 is 11.6 Å². The first-order valence-corrected chi connectivity index (χ1v) is 6.28. The predicted molar refractivity (Wildman–Crippen MR) is 74.9 cm³/mol. The number of hydrogen-bond donors (Lipinski definition) is 1. The molecule has 1 N–H and O–H groups in total. The molecule has 1 heterocycles. The summed E-state index contributed by atoms with van der Waals surface area (Å²) in [6, 6.07) is 7.56. The lowest BCUT2D eigenvalue weighted by Gasteiger charge is -2.07. The summed E-state index contributed by atoms with van der Waals surface area (Å²) in [5, 5.41) is 13.6. The summed E-state index contributed by atoms with van der Waals surface area (Å²) < 4.78 is 1.91. The maximum Gasteiger partial charge on any atom is 0.270 e. The molecule has 0 aliphatic heterocycles. The second kappa shape index (κ2) is 6.21. The van der Waals surface area contributed by atoms with Gasteiger partial charge in [0.1, 0.15) is 0 Å². The number of nitro groups is 1. The predicted octanol–water partition coefficient (Wildman–Crippen LogP) is 2.48. The maximum atomic E-state index is 11.9. The summed E-state index contributed by atoms with van der Waals surface area (Å²) in [5.41, 5.74) is -0.0571. The van der Waals surface area contributed by atoms with Crippen molar-refractivity contribution in [3.05, 3.63) is 63.4 Å². The van der Waals surface area contributed by atoms with Gasteiger partial charge in [-0.2, -0.15) is 0 Å². The minimum absolute atomic E-state index is 0.105. The number of hydrogen-bond acceptors (Lipinski definition) is 3. The van der Waals surface area contributed by atoms with E-state index in [9.17, 15) is 14.9 Å². The van der Waals surface area contributed by atoms with Crippen molar-refractivity contribution in [2.75, 3.05) is 6.54 Å². The van der Waals surface area contributed by atoms with Crippen molar-refractivity contribution >= 4 is 23.2 Å². The van der Waals surface area contributed by atoms with Gasteiger partial charge in [0, 0.05) is 37.6 Å². The van der Waals surface area contributed by atoms with Gasteiger partial charge < -0.3 is 9.88 Å². The van der Waals surface area contributed by atoms with Crippen LogP contribution in [0.4, 0.5) is 5.69 Å². The summed E-state index contributed by atoms with van der Waals surface area (Å²) in [6.07, 6.45) is 3.76. The fourth-order valence-electron chi connectivity index (χ4n) is 1.71. The van der Waals surface area contributed by atoms with Gasteiger partial charge in [-0.05, 0) is 18.2 Å². The summed E-state index contributed by atoms with van der Waals surface area (Å²) in [7, 11) is 0. The van der Waals surface area contributed by atoms with Gasteiger partial charge >= 0.3 is 0 Å². The number of non-ortho nitro benzene ring substituents is 1. The number of halogens is 1. The van der Waals surface area contributed by atoms with Crippen molar-refractivity contribution in [3.8, 4) is 0 Å². The largest absolute Gasteiger partial charge is 0.353 e. The fourth-order valence-corrected chi connectivity index (χ4v) is 1.92. The van der Waals surface area contributed by atoms with Crippen LogP contribution in [0.2, 0.25) is 5.02 Å². The van der Waals surface area contributed by atoms with Crippen LogP contribution in [0, 0.1) is 10.1 Å². The van der Waals surface area contributed by atoms with Gasteiger partial charge in [0.25, 0.3) is 11.6 Å². The molecule has 0 spiro atoms. The monoisotopic (exact) mass is 293 g/mol. The Hall–Kier alpha value is -2.34. The molecule has 6 nitrogen and oxygen atoms in total. The summed E-state index contributed by atoms with van der Waals surface area (Å²) >= 11 is 5.89. The van der Waals surface area contributed by atoms with E-state index in [-0.39, 0.29) is 16.3 Å². The zero-order valence-electron chi connectivity index (χ0n) is 10.5. The minimum atomic E-state index is -0.563. The molecule has 20 heavy (non-hydrogen) atoms. The summed E-state index contributed by atoms with van der Waals surface area (Å²) in [6.45, 7) is 1.03. The van der Waals surface area contributed by atoms with Gasteiger partial charge in [-0.15, -0.1) is 0 Å². The summed E-state index contributed by atoms with van der Waals surface area (Å²) in [4.78, 5) is 22.1. The van der Waals surface area contributed by atoms with E-state index < -0.39 is 10.8 Å². The van der Waals surface area contributed by atoms with E-state index >= 15 is 0 Å². The number of carbonyl (C=O) groups excluding carboxylic acids is 1. The van der Waals surface area contributed by atoms with Crippen LogP contribution in [0.3, 0.4) is 0 Å². The van der Waals surface area contributed by atoms with Crippen LogP contribution in [0.1, 0.15) is 10.4 Å². The van der Waals surface area contributed by atoms with Gasteiger partial charge in [0.2, 0.25) is 0 Å². The Morgan fingerprint density at radius 2 is 2.05 bits per heavy atom. The molecule has 0 unspecified atom stereocenters. The zero-order valence-corrected chi connectivity index (χ0v) is 11.2. The number of aromatic nitrogens is 1. The van der Waals surface area contributed by atoms with Crippen LogP contribution in [0.5, 0.6) is 0 Å². The number of benzene rings is 1. The molecule has 0 saturated heterocycles. The Morgan fingerprint density at radius 3 is 2.70 bits per heavy atom. The van der Waals surface area contributed by atoms with E-state index in [1.165, 1.54) is 18.2 Å². The first-order valence-electron chi connectivity index (χ1n) is 5.91. The number of nitro benzene ring substituents is 1. The van der Waals surface area contributed by atoms with Gasteiger partial charge in [-0.3, -0.25) is 14.9 Å². The Morgan fingerprint density at radius 1 is 1.35 bits per heavy atom. The molecule has 0 radical (unpaired) electrons. The second-order valence-electron chi connectivity index (χ2n) is 4.10. The van der Waals surface area contributed by atoms with E-state index in [4.69, 9.17) is 11.6 Å². The van der Waals surface area contributed by atoms with E-state index in [1.54, 1.807) is 0 Å². The van der Waals surface area contributed by atoms with E-state index in [2.05, 4.69) is 5.32 Å². The molecule has 0 atom stereocenters. The van der Waals surface area contributed by atoms with E-state index in [0.29, 0.717) is 13.1 Å². The van der Waals surface area contributed by atoms with Crippen LogP contribution in [0.25, 0.3) is 0 Å². The highest BCUT2D eigenvalue weighted by Crippen LogP contribution is 2.21. The molecule has 1 aromatic carbocycles. The van der Waals surface area contributed by atoms with Crippen LogP contribution in [-0.2, 0) is 6.54 Å². The average Bonchev–Trinajstić information content (AvgIpc) is 2.92. The molecule has 1 amide bonds. The van der Waals surface area contributed by atoms with Gasteiger partial charge in [-0.25, -0.2) is 0 Å². The smallest absolute Gasteiger partial charge is 0.270 e. The highest BCUT2D eigenvalue weighted by Gasteiger charge is 2.15. The third-order valence-electron chi connectivity index (χ3n) is 2.73. The van der Waals surface area contributed by atoms with Crippen molar-refractivity contribution in [2.24, 2.45) is 0 Å². The van der Waals surface area contributed by atoms with E-state index in [0.717, 1.165) is 0 Å². The highest BCUT2D eigenvalue weighted by atomic mass is 35.5. The SMILES string of the molecule is O=C(NCCn1cccc1)c1cc([N+](=O)[O-])ccc1Cl. The van der Waals surface area contributed by atoms with Crippen molar-refractivity contribution < 1.29 is 9.72 Å². The molecule has 1 aromatic heterocycles. The van der Waals surface area contributed by atoms with E-state index in [1.807, 2.05) is 29.1 Å². The van der Waals surface area contributed by atoms with Crippen LogP contribution < -0.4 is 5.32 Å². The third-order valence-corrected chi connectivity index (χ3v) is 3.06. The van der Waals surface area contributed by atoms with Crippen LogP contribution in [-0.4, -0.2) is 21.9 Å². The fraction of sp³-hybridized carbons (Fsp3) is 0.154. The average molecular weight is 294 g/mol. The number of carbonyl (C=O) groups is 1. The molecule has 104 valence electrons. The minimum Gasteiger partial charge on any atom is -0.353 e. The van der Waals surface area contributed by atoms with Gasteiger partial charge in [-0.1, -0.05) is 11.6 Å². The van der Waals surface area contributed by atoms with Crippen LogP contribution in [0.15, 0.2) is 42.7 Å². The highest BCUT2D eigenvalue weighted by molar-refractivity contribution is 6.33. The van der Waals surface area contributed by atoms with Gasteiger partial charge in [0.15, 0.2) is 0 Å². The first-order chi connectivity index (χ1) is 9.58. The molecule has 0 saturated carbocycles. The lowest BCUT2D eigenvalue weighted by Crippen LogP contribution is -2.27. The zero-order chi connectivity index (χ0) is 14.5. The number of rotatable bonds is 5. The molecule has 0 aliphatic carbocycles. The number of nitrogens with one attached hydrogen (secondary N) is 1. The molecule has 2 rings (SSSR count). The molecule has 2 aromatic rings. The second-order valence-corrected chi connectivity index (χ2v) is 4.51. The Kier molecular flexibility index (Phi) is 4.37. The molecular weight excluding hydrogens is 282 g/mol. The van der Waals surface area contributed by atoms with Crippen molar-refractivity contribution in [1.29, 1.82) is 0 Å². The topological polar surface area (TPSA) is 77.2 Å². The third kappa shape index (κ3) is 3.36. The van der Waals surface area contributed by atoms with Crippen molar-refractivity contribution in [2.45, 2.75) is 6.54 Å². The molecule has 7 heteroatoms. The number of amides is 1. The maximum absolute atomic E-state index is 11.9. The van der Waals surface area contributed by atoms with Crippen molar-refractivity contribution in [1.82, 2.24) is 9.88 Å². The van der Waals surface area contributed by atoms with Gasteiger partial charge in [0.05, 0.1) is 15.5 Å². The molecule has 0 bridgehead atoms. The Bertz CT molecular complexity index is 626. The molecular formula is C13H12ClN3O3. The number of nitrogens with zero attached hydrogens (tertiary/aromatic N) is 2. The first kappa shape index (κ1) is 14.1. The quantitative estimate of drug-likeness (QED) is 0.679. The summed E-state index contributed by atoms with van der Waals surface area (Å²) in [5.74, 6) is -0.425. The molecule has 0 fully saturated rings. The van der Waals surface area contributed by atoms with Crippen molar-refractivity contribution in [3.63, 3.8) is 0 Å². The normalized spacial score (nSPS) is 10.2.